The summed E-state index contributed by atoms with van der Waals surface area (Å²) in [6.07, 6.45) is 4.42. The maximum Gasteiger partial charge on any atom is 0.0491 e. The minimum Gasteiger partial charge on any atom is -0.310 e. The van der Waals surface area contributed by atoms with Crippen molar-refractivity contribution in [1.29, 1.82) is 0 Å². The Morgan fingerprint density at radius 1 is 0.315 bits per heavy atom. The number of nitrogens with zero attached hydrogens (tertiary/aromatic N) is 2. The van der Waals surface area contributed by atoms with Crippen molar-refractivity contribution >= 4 is 57.0 Å². The van der Waals surface area contributed by atoms with E-state index in [-0.39, 0.29) is 0 Å². The molecule has 2 heteroatoms. The minimum atomic E-state index is 1.15. The van der Waals surface area contributed by atoms with Crippen molar-refractivity contribution in [3.8, 4) is 0 Å². The molecule has 0 atom stereocenters. The third-order valence-electron chi connectivity index (χ3n) is 10.1. The molecule has 0 fully saturated rings. The van der Waals surface area contributed by atoms with E-state index in [4.69, 9.17) is 0 Å². The lowest BCUT2D eigenvalue weighted by Crippen LogP contribution is -2.13. The van der Waals surface area contributed by atoms with Crippen LogP contribution in [0.5, 0.6) is 0 Å². The lowest BCUT2D eigenvalue weighted by Gasteiger charge is -2.29. The highest BCUT2D eigenvalue weighted by molar-refractivity contribution is 5.92. The summed E-state index contributed by atoms with van der Waals surface area (Å²) in [4.78, 5) is 4.79. The third kappa shape index (κ3) is 8.19. The van der Waals surface area contributed by atoms with Gasteiger partial charge < -0.3 is 9.80 Å². The maximum atomic E-state index is 2.40. The molecule has 0 unspecified atom stereocenters. The second-order valence-corrected chi connectivity index (χ2v) is 14.5. The first kappa shape index (κ1) is 37.9. The van der Waals surface area contributed by atoms with Crippen LogP contribution in [0.15, 0.2) is 133 Å². The Bertz CT molecular complexity index is 2340. The molecule has 0 spiro atoms. The molecule has 0 aromatic heterocycles. The van der Waals surface area contributed by atoms with Gasteiger partial charge in [0.25, 0.3) is 0 Å². The van der Waals surface area contributed by atoms with Gasteiger partial charge in [0.05, 0.1) is 0 Å². The Labute approximate surface area is 324 Å². The molecular formula is C52H54N2. The first-order chi connectivity index (χ1) is 26.0. The Hall–Kier alpha value is -5.86. The second-order valence-electron chi connectivity index (χ2n) is 14.5. The van der Waals surface area contributed by atoms with Gasteiger partial charge in [-0.05, 0) is 154 Å². The van der Waals surface area contributed by atoms with Gasteiger partial charge in [-0.2, -0.15) is 0 Å². The van der Waals surface area contributed by atoms with E-state index >= 15 is 0 Å². The van der Waals surface area contributed by atoms with Crippen molar-refractivity contribution < 1.29 is 0 Å². The molecule has 7 aromatic rings. The van der Waals surface area contributed by atoms with Gasteiger partial charge in [-0.1, -0.05) is 127 Å². The Balaban J connectivity index is 0.00000245. The zero-order chi connectivity index (χ0) is 38.5. The molecule has 0 radical (unpaired) electrons. The summed E-state index contributed by atoms with van der Waals surface area (Å²) < 4.78 is 0. The van der Waals surface area contributed by atoms with Gasteiger partial charge in [-0.25, -0.2) is 0 Å². The largest absolute Gasteiger partial charge is 0.310 e. The van der Waals surface area contributed by atoms with Gasteiger partial charge in [0.1, 0.15) is 0 Å². The minimum absolute atomic E-state index is 1.15. The molecule has 0 saturated carbocycles. The predicted octanol–water partition coefficient (Wildman–Crippen LogP) is 15.4. The number of rotatable bonds is 8. The molecule has 0 heterocycles. The molecule has 0 saturated heterocycles. The van der Waals surface area contributed by atoms with E-state index in [0.29, 0.717) is 0 Å². The van der Waals surface area contributed by atoms with Crippen LogP contribution in [0.25, 0.3) is 22.9 Å². The molecule has 2 nitrogen and oxygen atoms in total. The number of benzene rings is 7. The van der Waals surface area contributed by atoms with E-state index in [0.717, 1.165) is 16.9 Å². The van der Waals surface area contributed by atoms with Crippen molar-refractivity contribution in [2.75, 3.05) is 9.80 Å². The number of fused-ring (bicyclic) bond motifs is 1. The van der Waals surface area contributed by atoms with Gasteiger partial charge in [0.2, 0.25) is 0 Å². The fourth-order valence-corrected chi connectivity index (χ4v) is 7.46. The lowest BCUT2D eigenvalue weighted by molar-refractivity contribution is 1.21. The van der Waals surface area contributed by atoms with E-state index < -0.39 is 0 Å². The zero-order valence-electron chi connectivity index (χ0n) is 33.8. The summed E-state index contributed by atoms with van der Waals surface area (Å²) in [6.45, 7) is 21.4. The molecule has 0 amide bonds. The van der Waals surface area contributed by atoms with Gasteiger partial charge in [0, 0.05) is 34.1 Å². The number of hydrogen-bond donors (Lipinski definition) is 0. The molecule has 0 aliphatic rings. The lowest BCUT2D eigenvalue weighted by atomic mass is 10.0. The van der Waals surface area contributed by atoms with Crippen LogP contribution in [-0.4, -0.2) is 0 Å². The predicted molar refractivity (Wildman–Crippen MR) is 238 cm³/mol. The average molecular weight is 707 g/mol. The van der Waals surface area contributed by atoms with Crippen molar-refractivity contribution in [3.63, 3.8) is 0 Å². The fourth-order valence-electron chi connectivity index (χ4n) is 7.46. The highest BCUT2D eigenvalue weighted by Gasteiger charge is 2.18. The van der Waals surface area contributed by atoms with E-state index in [1.807, 2.05) is 13.8 Å². The van der Waals surface area contributed by atoms with Gasteiger partial charge in [0.15, 0.2) is 0 Å². The normalized spacial score (nSPS) is 11.1. The van der Waals surface area contributed by atoms with Crippen molar-refractivity contribution in [3.05, 3.63) is 189 Å². The molecule has 0 aliphatic carbocycles. The Morgan fingerprint density at radius 3 is 1.07 bits per heavy atom. The van der Waals surface area contributed by atoms with Crippen LogP contribution < -0.4 is 9.80 Å². The highest BCUT2D eigenvalue weighted by atomic mass is 15.2. The molecular weight excluding hydrogens is 653 g/mol. The quantitative estimate of drug-likeness (QED) is 0.145. The van der Waals surface area contributed by atoms with Gasteiger partial charge in [-0.15, -0.1) is 0 Å². The van der Waals surface area contributed by atoms with Crippen LogP contribution in [0.1, 0.15) is 69.5 Å². The molecule has 0 bridgehead atoms. The smallest absolute Gasteiger partial charge is 0.0491 e. The van der Waals surface area contributed by atoms with Crippen molar-refractivity contribution in [2.24, 2.45) is 0 Å². The van der Waals surface area contributed by atoms with Crippen LogP contribution in [0.4, 0.5) is 34.1 Å². The number of aryl methyl sites for hydroxylation is 8. The second kappa shape index (κ2) is 16.4. The third-order valence-corrected chi connectivity index (χ3v) is 10.1. The standard InChI is InChI=1S/C50H48N2.C2H6/c1-33-9-23-47(37(5)27-33)51(48-24-10-34(2)28-38(48)6)45-20-16-41(17-21-45)13-14-42-15-18-44-32-46(22-19-43(44)31-42)52(49-25-11-35(3)29-39(49)7)50-26-12-36(4)30-40(50)8;1-2/h9-32H,1-8H3;1-2H3/b14-13+;. The van der Waals surface area contributed by atoms with Crippen molar-refractivity contribution in [1.82, 2.24) is 0 Å². The number of anilines is 6. The monoisotopic (exact) mass is 706 g/mol. The van der Waals surface area contributed by atoms with E-state index in [1.54, 1.807) is 0 Å². The van der Waals surface area contributed by atoms with Gasteiger partial charge >= 0.3 is 0 Å². The zero-order valence-corrected chi connectivity index (χ0v) is 33.8. The summed E-state index contributed by atoms with van der Waals surface area (Å²) in [5.74, 6) is 0. The highest BCUT2D eigenvalue weighted by Crippen LogP contribution is 2.41. The summed E-state index contributed by atoms with van der Waals surface area (Å²) in [6, 6.07) is 49.3. The van der Waals surface area contributed by atoms with Crippen LogP contribution in [0.3, 0.4) is 0 Å². The summed E-state index contributed by atoms with van der Waals surface area (Å²) in [5.41, 5.74) is 19.6. The Kier molecular flexibility index (Phi) is 11.5. The summed E-state index contributed by atoms with van der Waals surface area (Å²) in [7, 11) is 0. The average Bonchev–Trinajstić information content (AvgIpc) is 3.15. The van der Waals surface area contributed by atoms with Crippen molar-refractivity contribution in [2.45, 2.75) is 69.2 Å². The molecule has 0 aliphatic heterocycles. The van der Waals surface area contributed by atoms with Crippen LogP contribution in [0.2, 0.25) is 0 Å². The first-order valence-corrected chi connectivity index (χ1v) is 19.3. The first-order valence-electron chi connectivity index (χ1n) is 19.3. The molecule has 272 valence electrons. The van der Waals surface area contributed by atoms with E-state index in [1.165, 1.54) is 83.6 Å². The molecule has 54 heavy (non-hydrogen) atoms. The van der Waals surface area contributed by atoms with E-state index in [2.05, 4.69) is 211 Å². The van der Waals surface area contributed by atoms with Crippen LogP contribution in [0, 0.1) is 55.4 Å². The molecule has 0 N–H and O–H groups in total. The number of hydrogen-bond acceptors (Lipinski definition) is 2. The van der Waals surface area contributed by atoms with Crippen LogP contribution >= 0.6 is 0 Å². The van der Waals surface area contributed by atoms with Crippen LogP contribution in [-0.2, 0) is 0 Å². The van der Waals surface area contributed by atoms with Gasteiger partial charge in [-0.3, -0.25) is 0 Å². The SMILES string of the molecule is CC.Cc1ccc(N(c2ccc(/C=C/c3ccc4cc(N(c5ccc(C)cc5C)c5ccc(C)cc5C)ccc4c3)cc2)c2ccc(C)cc2C)c(C)c1. The van der Waals surface area contributed by atoms with E-state index in [9.17, 15) is 0 Å². The fraction of sp³-hybridized carbons (Fsp3) is 0.192. The Morgan fingerprint density at radius 2 is 0.648 bits per heavy atom. The molecule has 7 aromatic carbocycles. The maximum absolute atomic E-state index is 2.40. The molecule has 7 rings (SSSR count). The topological polar surface area (TPSA) is 6.48 Å². The summed E-state index contributed by atoms with van der Waals surface area (Å²) >= 11 is 0. The summed E-state index contributed by atoms with van der Waals surface area (Å²) in [5, 5.41) is 2.44.